The third kappa shape index (κ3) is 3.48. The van der Waals surface area contributed by atoms with Crippen LogP contribution in [-0.4, -0.2) is 0 Å². The van der Waals surface area contributed by atoms with Gasteiger partial charge in [-0.3, -0.25) is 0 Å². The van der Waals surface area contributed by atoms with E-state index in [1.807, 2.05) is 0 Å². The lowest BCUT2D eigenvalue weighted by Crippen LogP contribution is -2.26. The zero-order valence-electron chi connectivity index (χ0n) is 26.8. The second-order valence-electron chi connectivity index (χ2n) is 13.6. The van der Waals surface area contributed by atoms with E-state index in [0.29, 0.717) is 0 Å². The summed E-state index contributed by atoms with van der Waals surface area (Å²) in [6.07, 6.45) is 0. The molecule has 0 nitrogen and oxygen atoms in total. The van der Waals surface area contributed by atoms with Gasteiger partial charge in [0, 0.05) is 0 Å². The molecule has 0 bridgehead atoms. The summed E-state index contributed by atoms with van der Waals surface area (Å²) in [6.45, 7) is 0. The summed E-state index contributed by atoms with van der Waals surface area (Å²) in [5.41, 5.74) is 15.5. The minimum atomic E-state index is -0.407. The molecule has 0 atom stereocenters. The zero-order chi connectivity index (χ0) is 32.1. The predicted molar refractivity (Wildman–Crippen MR) is 206 cm³/mol. The molecule has 0 aliphatic heterocycles. The Morgan fingerprint density at radius 2 is 0.796 bits per heavy atom. The molecule has 0 N–H and O–H groups in total. The van der Waals surface area contributed by atoms with Gasteiger partial charge in [0.2, 0.25) is 0 Å². The number of hydrogen-bond donors (Lipinski definition) is 0. The minimum Gasteiger partial charge on any atom is -0.0619 e. The molecule has 0 aromatic heterocycles. The molecule has 0 saturated carbocycles. The van der Waals surface area contributed by atoms with Gasteiger partial charge in [-0.1, -0.05) is 170 Å². The first-order valence-corrected chi connectivity index (χ1v) is 17.2. The van der Waals surface area contributed by atoms with Gasteiger partial charge in [-0.2, -0.15) is 0 Å². The molecule has 2 aliphatic rings. The topological polar surface area (TPSA) is 0 Å². The molecule has 0 radical (unpaired) electrons. The Hall–Kier alpha value is -6.24. The van der Waals surface area contributed by atoms with Crippen LogP contribution in [0.5, 0.6) is 0 Å². The van der Waals surface area contributed by atoms with E-state index in [1.54, 1.807) is 0 Å². The third-order valence-electron chi connectivity index (χ3n) is 11.3. The van der Waals surface area contributed by atoms with Gasteiger partial charge >= 0.3 is 0 Å². The van der Waals surface area contributed by atoms with Crippen molar-refractivity contribution in [2.45, 2.75) is 5.41 Å². The molecule has 9 aromatic rings. The fraction of sp³-hybridized carbons (Fsp3) is 0.0204. The summed E-state index contributed by atoms with van der Waals surface area (Å²) in [6, 6.07) is 68.0. The minimum absolute atomic E-state index is 0.407. The molecule has 0 amide bonds. The fourth-order valence-corrected chi connectivity index (χ4v) is 9.33. The van der Waals surface area contributed by atoms with E-state index in [4.69, 9.17) is 0 Å². The van der Waals surface area contributed by atoms with Gasteiger partial charge in [0.15, 0.2) is 0 Å². The Balaban J connectivity index is 1.27. The molecule has 226 valence electrons. The highest BCUT2D eigenvalue weighted by atomic mass is 14.5. The van der Waals surface area contributed by atoms with Gasteiger partial charge in [-0.25, -0.2) is 0 Å². The predicted octanol–water partition coefficient (Wildman–Crippen LogP) is 12.8. The monoisotopic (exact) mass is 618 g/mol. The summed E-state index contributed by atoms with van der Waals surface area (Å²) in [5, 5.41) is 7.67. The fourth-order valence-electron chi connectivity index (χ4n) is 9.33. The van der Waals surface area contributed by atoms with Gasteiger partial charge < -0.3 is 0 Å². The summed E-state index contributed by atoms with van der Waals surface area (Å²) < 4.78 is 0. The maximum absolute atomic E-state index is 2.45. The molecular formula is C49H30. The van der Waals surface area contributed by atoms with Crippen LogP contribution in [0.1, 0.15) is 22.3 Å². The maximum atomic E-state index is 2.45. The molecule has 0 heteroatoms. The van der Waals surface area contributed by atoms with Crippen LogP contribution >= 0.6 is 0 Å². The Bertz CT molecular complexity index is 2790. The van der Waals surface area contributed by atoms with Crippen molar-refractivity contribution >= 4 is 32.3 Å². The number of benzene rings is 9. The van der Waals surface area contributed by atoms with Crippen molar-refractivity contribution in [3.8, 4) is 44.5 Å². The third-order valence-corrected chi connectivity index (χ3v) is 11.3. The second-order valence-corrected chi connectivity index (χ2v) is 13.6. The molecule has 0 fully saturated rings. The van der Waals surface area contributed by atoms with Crippen LogP contribution in [0.25, 0.3) is 76.8 Å². The lowest BCUT2D eigenvalue weighted by Gasteiger charge is -2.31. The summed E-state index contributed by atoms with van der Waals surface area (Å²) in [4.78, 5) is 0. The molecule has 0 unspecified atom stereocenters. The van der Waals surface area contributed by atoms with Crippen LogP contribution in [0.3, 0.4) is 0 Å². The van der Waals surface area contributed by atoms with Crippen molar-refractivity contribution in [3.63, 3.8) is 0 Å². The molecule has 2 aliphatic carbocycles. The van der Waals surface area contributed by atoms with Crippen LogP contribution in [0.15, 0.2) is 182 Å². The van der Waals surface area contributed by atoms with Crippen molar-refractivity contribution in [1.29, 1.82) is 0 Å². The zero-order valence-corrected chi connectivity index (χ0v) is 26.8. The molecule has 0 saturated heterocycles. The van der Waals surface area contributed by atoms with Crippen molar-refractivity contribution in [3.05, 3.63) is 204 Å². The van der Waals surface area contributed by atoms with Crippen LogP contribution in [0.4, 0.5) is 0 Å². The van der Waals surface area contributed by atoms with Gasteiger partial charge in [0.1, 0.15) is 0 Å². The summed E-state index contributed by atoms with van der Waals surface area (Å²) >= 11 is 0. The highest BCUT2D eigenvalue weighted by molar-refractivity contribution is 6.13. The van der Waals surface area contributed by atoms with Gasteiger partial charge in [0.25, 0.3) is 0 Å². The Labute approximate surface area is 285 Å². The van der Waals surface area contributed by atoms with E-state index in [2.05, 4.69) is 182 Å². The maximum Gasteiger partial charge on any atom is 0.0731 e. The summed E-state index contributed by atoms with van der Waals surface area (Å²) in [7, 11) is 0. The van der Waals surface area contributed by atoms with E-state index < -0.39 is 5.41 Å². The SMILES string of the molecule is c1ccc2c(c1)-c1ccccc1C21c2ccccc2-c2c(-c3ccc(-c4ccc5ccccc5c4)c4ccccc34)cc3ccccc3c21. The normalized spacial score (nSPS) is 13.5. The highest BCUT2D eigenvalue weighted by Crippen LogP contribution is 2.65. The van der Waals surface area contributed by atoms with E-state index in [-0.39, 0.29) is 0 Å². The van der Waals surface area contributed by atoms with Crippen LogP contribution in [0, 0.1) is 0 Å². The van der Waals surface area contributed by atoms with Crippen LogP contribution in [-0.2, 0) is 5.41 Å². The first-order chi connectivity index (χ1) is 24.3. The Morgan fingerprint density at radius 3 is 1.51 bits per heavy atom. The standard InChI is InChI=1S/C49H30/c1-2-14-32-29-34(26-25-31(32)13-1)35-27-28-39(38-18-6-5-17-37(35)38)43-30-33-15-3-4-16-36(33)48-47(43)42-21-9-12-24-46(42)49(48)44-22-10-7-19-40(44)41-20-8-11-23-45(41)49/h1-30H. The number of rotatable bonds is 2. The van der Waals surface area contributed by atoms with E-state index in [0.717, 1.165) is 0 Å². The average molecular weight is 619 g/mol. The summed E-state index contributed by atoms with van der Waals surface area (Å²) in [5.74, 6) is 0. The average Bonchev–Trinajstić information content (AvgIpc) is 3.65. The van der Waals surface area contributed by atoms with Crippen molar-refractivity contribution in [1.82, 2.24) is 0 Å². The smallest absolute Gasteiger partial charge is 0.0619 e. The van der Waals surface area contributed by atoms with Crippen LogP contribution < -0.4 is 0 Å². The van der Waals surface area contributed by atoms with Crippen molar-refractivity contribution in [2.24, 2.45) is 0 Å². The largest absolute Gasteiger partial charge is 0.0731 e. The molecule has 0 heterocycles. The number of fused-ring (bicyclic) bond motifs is 14. The first kappa shape index (κ1) is 26.8. The van der Waals surface area contributed by atoms with Crippen LogP contribution in [0.2, 0.25) is 0 Å². The van der Waals surface area contributed by atoms with Gasteiger partial charge in [-0.15, -0.1) is 0 Å². The number of hydrogen-bond acceptors (Lipinski definition) is 0. The Kier molecular flexibility index (Phi) is 5.41. The highest BCUT2D eigenvalue weighted by Gasteiger charge is 2.53. The van der Waals surface area contributed by atoms with E-state index >= 15 is 0 Å². The van der Waals surface area contributed by atoms with Gasteiger partial charge in [0.05, 0.1) is 5.41 Å². The molecule has 9 aromatic carbocycles. The van der Waals surface area contributed by atoms with Gasteiger partial charge in [-0.05, 0) is 111 Å². The lowest BCUT2D eigenvalue weighted by molar-refractivity contribution is 0.801. The molecule has 1 spiro atoms. The lowest BCUT2D eigenvalue weighted by atomic mass is 9.69. The second kappa shape index (κ2) is 9.89. The molecular weight excluding hydrogens is 589 g/mol. The molecule has 49 heavy (non-hydrogen) atoms. The van der Waals surface area contributed by atoms with Crippen molar-refractivity contribution < 1.29 is 0 Å². The quantitative estimate of drug-likeness (QED) is 0.181. The Morgan fingerprint density at radius 1 is 0.286 bits per heavy atom. The molecule has 11 rings (SSSR count). The first-order valence-electron chi connectivity index (χ1n) is 17.2. The van der Waals surface area contributed by atoms with E-state index in [9.17, 15) is 0 Å². The van der Waals surface area contributed by atoms with E-state index in [1.165, 1.54) is 99.1 Å². The van der Waals surface area contributed by atoms with Crippen molar-refractivity contribution in [2.75, 3.05) is 0 Å².